The first-order valence-corrected chi connectivity index (χ1v) is 7.30. The molecule has 2 rings (SSSR count). The van der Waals surface area contributed by atoms with E-state index in [0.717, 1.165) is 19.4 Å². The summed E-state index contributed by atoms with van der Waals surface area (Å²) < 4.78 is 0. The summed E-state index contributed by atoms with van der Waals surface area (Å²) in [4.78, 5) is 22.9. The number of hydrogen-bond donors (Lipinski definition) is 2. The quantitative estimate of drug-likeness (QED) is 0.869. The maximum atomic E-state index is 12.6. The van der Waals surface area contributed by atoms with E-state index in [9.17, 15) is 9.90 Å². The molecule has 0 spiro atoms. The zero-order valence-electron chi connectivity index (χ0n) is 13.1. The van der Waals surface area contributed by atoms with E-state index in [4.69, 9.17) is 0 Å². The molecule has 1 aromatic heterocycles. The molecule has 1 aliphatic heterocycles. The number of nitrogens with one attached hydrogen (secondary N) is 1. The van der Waals surface area contributed by atoms with Crippen molar-refractivity contribution >= 4 is 11.9 Å². The van der Waals surface area contributed by atoms with Gasteiger partial charge in [0.2, 0.25) is 11.9 Å². The first-order valence-electron chi connectivity index (χ1n) is 7.30. The Hall–Kier alpha value is -1.69. The molecule has 0 saturated carbocycles. The zero-order chi connectivity index (χ0) is 15.7. The normalized spacial score (nSPS) is 19.7. The number of carbonyl (C=O) groups excluding carboxylic acids is 1. The highest BCUT2D eigenvalue weighted by Crippen LogP contribution is 2.25. The van der Waals surface area contributed by atoms with Crippen molar-refractivity contribution in [3.8, 4) is 0 Å². The van der Waals surface area contributed by atoms with E-state index in [0.29, 0.717) is 5.95 Å². The van der Waals surface area contributed by atoms with E-state index in [1.165, 1.54) is 0 Å². The van der Waals surface area contributed by atoms with E-state index in [2.05, 4.69) is 15.3 Å². The van der Waals surface area contributed by atoms with Gasteiger partial charge in [0, 0.05) is 18.9 Å². The van der Waals surface area contributed by atoms with Crippen LogP contribution in [0.1, 0.15) is 40.5 Å². The van der Waals surface area contributed by atoms with E-state index in [1.807, 2.05) is 18.7 Å². The number of aliphatic hydroxyl groups is 1. The summed E-state index contributed by atoms with van der Waals surface area (Å²) in [6.45, 7) is 7.80. The van der Waals surface area contributed by atoms with Gasteiger partial charge in [-0.05, 0) is 46.6 Å². The van der Waals surface area contributed by atoms with Crippen molar-refractivity contribution in [1.82, 2.24) is 15.3 Å². The monoisotopic (exact) mass is 292 g/mol. The molecule has 0 aromatic carbocycles. The smallest absolute Gasteiger partial charge is 0.243 e. The number of carbonyl (C=O) groups is 1. The maximum Gasteiger partial charge on any atom is 0.243 e. The fourth-order valence-corrected chi connectivity index (χ4v) is 2.26. The first-order chi connectivity index (χ1) is 9.72. The Morgan fingerprint density at radius 1 is 1.33 bits per heavy atom. The van der Waals surface area contributed by atoms with Crippen LogP contribution in [0.2, 0.25) is 0 Å². The number of amides is 1. The van der Waals surface area contributed by atoms with Crippen molar-refractivity contribution in [2.75, 3.05) is 11.4 Å². The Labute approximate surface area is 125 Å². The predicted molar refractivity (Wildman–Crippen MR) is 80.9 cm³/mol. The van der Waals surface area contributed by atoms with Gasteiger partial charge in [0.05, 0.1) is 11.1 Å². The van der Waals surface area contributed by atoms with Gasteiger partial charge in [-0.2, -0.15) is 0 Å². The van der Waals surface area contributed by atoms with Gasteiger partial charge in [-0.15, -0.1) is 0 Å². The van der Waals surface area contributed by atoms with Crippen molar-refractivity contribution in [3.63, 3.8) is 0 Å². The van der Waals surface area contributed by atoms with Crippen molar-refractivity contribution in [1.29, 1.82) is 0 Å². The minimum Gasteiger partial charge on any atom is -0.388 e. The Kier molecular flexibility index (Phi) is 4.18. The molecule has 0 aliphatic carbocycles. The summed E-state index contributed by atoms with van der Waals surface area (Å²) in [6, 6.07) is 1.47. The fourth-order valence-electron chi connectivity index (χ4n) is 2.26. The van der Waals surface area contributed by atoms with Crippen LogP contribution >= 0.6 is 0 Å². The molecule has 6 nitrogen and oxygen atoms in total. The van der Waals surface area contributed by atoms with Crippen LogP contribution in [0.5, 0.6) is 0 Å². The third-order valence-electron chi connectivity index (χ3n) is 4.33. The Morgan fingerprint density at radius 3 is 2.52 bits per heavy atom. The molecule has 0 radical (unpaired) electrons. The number of anilines is 1. The summed E-state index contributed by atoms with van der Waals surface area (Å²) >= 11 is 0. The molecule has 1 aromatic rings. The van der Waals surface area contributed by atoms with Gasteiger partial charge in [0.1, 0.15) is 6.04 Å². The lowest BCUT2D eigenvalue weighted by atomic mass is 9.85. The molecule has 1 amide bonds. The van der Waals surface area contributed by atoms with Gasteiger partial charge in [0.15, 0.2) is 0 Å². The molecular formula is C15H24N4O2. The van der Waals surface area contributed by atoms with Gasteiger partial charge >= 0.3 is 0 Å². The van der Waals surface area contributed by atoms with Crippen molar-refractivity contribution in [2.24, 2.45) is 0 Å². The van der Waals surface area contributed by atoms with Gasteiger partial charge in [-0.3, -0.25) is 4.79 Å². The molecule has 21 heavy (non-hydrogen) atoms. The molecule has 1 saturated heterocycles. The summed E-state index contributed by atoms with van der Waals surface area (Å²) in [5.74, 6) is 0.489. The predicted octanol–water partition coefficient (Wildman–Crippen LogP) is 1.11. The highest BCUT2D eigenvalue weighted by Gasteiger charge is 2.40. The van der Waals surface area contributed by atoms with Gasteiger partial charge in [-0.25, -0.2) is 9.97 Å². The standard InChI is InChI=1S/C15H24N4O2/c1-14(2,15(3,4)21)18-12(20)11-7-5-10-19(11)13-16-8-6-9-17-13/h6,8-9,11,21H,5,7,10H2,1-4H3,(H,18,20). The SMILES string of the molecule is CC(C)(O)C(C)(C)NC(=O)C1CCCN1c1ncccn1. The number of aromatic nitrogens is 2. The van der Waals surface area contributed by atoms with Crippen molar-refractivity contribution in [2.45, 2.75) is 57.7 Å². The van der Waals surface area contributed by atoms with Crippen molar-refractivity contribution in [3.05, 3.63) is 18.5 Å². The van der Waals surface area contributed by atoms with E-state index >= 15 is 0 Å². The number of hydrogen-bond acceptors (Lipinski definition) is 5. The molecule has 1 aliphatic rings. The topological polar surface area (TPSA) is 78.4 Å². The molecule has 116 valence electrons. The van der Waals surface area contributed by atoms with Crippen LogP contribution in [0.4, 0.5) is 5.95 Å². The van der Waals surface area contributed by atoms with Crippen LogP contribution in [-0.2, 0) is 4.79 Å². The second-order valence-corrected chi connectivity index (χ2v) is 6.57. The molecule has 2 N–H and O–H groups in total. The summed E-state index contributed by atoms with van der Waals surface area (Å²) in [5.41, 5.74) is -1.72. The van der Waals surface area contributed by atoms with E-state index in [1.54, 1.807) is 32.3 Å². The highest BCUT2D eigenvalue weighted by atomic mass is 16.3. The van der Waals surface area contributed by atoms with Gasteiger partial charge < -0.3 is 15.3 Å². The van der Waals surface area contributed by atoms with Crippen LogP contribution in [0.15, 0.2) is 18.5 Å². The molecule has 6 heteroatoms. The van der Waals surface area contributed by atoms with Crippen LogP contribution < -0.4 is 10.2 Å². The maximum absolute atomic E-state index is 12.6. The summed E-state index contributed by atoms with van der Waals surface area (Å²) in [7, 11) is 0. The number of nitrogens with zero attached hydrogens (tertiary/aromatic N) is 3. The van der Waals surface area contributed by atoms with E-state index in [-0.39, 0.29) is 11.9 Å². The van der Waals surface area contributed by atoms with Crippen LogP contribution in [-0.4, -0.2) is 44.7 Å². The first kappa shape index (κ1) is 15.7. The molecule has 0 bridgehead atoms. The van der Waals surface area contributed by atoms with Crippen LogP contribution in [0.3, 0.4) is 0 Å². The molecule has 2 heterocycles. The largest absolute Gasteiger partial charge is 0.388 e. The zero-order valence-corrected chi connectivity index (χ0v) is 13.1. The highest BCUT2D eigenvalue weighted by molar-refractivity contribution is 5.86. The third-order valence-corrected chi connectivity index (χ3v) is 4.33. The molecular weight excluding hydrogens is 268 g/mol. The van der Waals surface area contributed by atoms with Gasteiger partial charge in [-0.1, -0.05) is 0 Å². The van der Waals surface area contributed by atoms with E-state index < -0.39 is 11.1 Å². The van der Waals surface area contributed by atoms with Crippen LogP contribution in [0, 0.1) is 0 Å². The Morgan fingerprint density at radius 2 is 1.95 bits per heavy atom. The molecule has 1 atom stereocenters. The minimum absolute atomic E-state index is 0.0907. The summed E-state index contributed by atoms with van der Waals surface area (Å²) in [6.07, 6.45) is 5.05. The Bertz CT molecular complexity index is 496. The van der Waals surface area contributed by atoms with Gasteiger partial charge in [0.25, 0.3) is 0 Å². The molecule has 1 fully saturated rings. The molecule has 1 unspecified atom stereocenters. The second kappa shape index (κ2) is 5.60. The lowest BCUT2D eigenvalue weighted by Gasteiger charge is -2.39. The third kappa shape index (κ3) is 3.32. The average Bonchev–Trinajstić information content (AvgIpc) is 2.87. The summed E-state index contributed by atoms with van der Waals surface area (Å²) in [5, 5.41) is 13.1. The fraction of sp³-hybridized carbons (Fsp3) is 0.667. The van der Waals surface area contributed by atoms with Crippen LogP contribution in [0.25, 0.3) is 0 Å². The average molecular weight is 292 g/mol. The lowest BCUT2D eigenvalue weighted by Crippen LogP contribution is -2.60. The Balaban J connectivity index is 2.12. The second-order valence-electron chi connectivity index (χ2n) is 6.57. The number of rotatable bonds is 4. The minimum atomic E-state index is -1.00. The lowest BCUT2D eigenvalue weighted by molar-refractivity contribution is -0.127. The van der Waals surface area contributed by atoms with Crippen molar-refractivity contribution < 1.29 is 9.90 Å².